The molecule has 8 heteroatoms. The first kappa shape index (κ1) is 28.0. The third kappa shape index (κ3) is 6.69. The van der Waals surface area contributed by atoms with Crippen molar-refractivity contribution in [3.63, 3.8) is 0 Å². The molecule has 0 radical (unpaired) electrons. The number of thiophene rings is 1. The molecule has 1 amide bonds. The van der Waals surface area contributed by atoms with Crippen LogP contribution in [0.4, 0.5) is 5.00 Å². The molecule has 0 saturated carbocycles. The first-order valence-electron chi connectivity index (χ1n) is 12.1. The first-order chi connectivity index (χ1) is 18.8. The van der Waals surface area contributed by atoms with Crippen LogP contribution in [0.2, 0.25) is 5.02 Å². The SMILES string of the molecule is COC(=O)c1c(NC(=O)/C=C/c2ccc(OCc3ccccc3C)c(OC)c2)sc(C)c1-c1cccc(Cl)c1. The summed E-state index contributed by atoms with van der Waals surface area (Å²) in [6, 6.07) is 20.7. The number of amides is 1. The predicted octanol–water partition coefficient (Wildman–Crippen LogP) is 7.71. The van der Waals surface area contributed by atoms with E-state index in [0.29, 0.717) is 39.3 Å². The zero-order chi connectivity index (χ0) is 27.9. The van der Waals surface area contributed by atoms with Gasteiger partial charge >= 0.3 is 5.97 Å². The lowest BCUT2D eigenvalue weighted by atomic mass is 10.0. The molecule has 0 saturated heterocycles. The van der Waals surface area contributed by atoms with E-state index in [2.05, 4.69) is 5.32 Å². The molecule has 0 aliphatic carbocycles. The number of halogens is 1. The molecular weight excluding hydrogens is 534 g/mol. The van der Waals surface area contributed by atoms with Gasteiger partial charge < -0.3 is 19.5 Å². The summed E-state index contributed by atoms with van der Waals surface area (Å²) in [6.07, 6.45) is 3.07. The van der Waals surface area contributed by atoms with E-state index < -0.39 is 11.9 Å². The van der Waals surface area contributed by atoms with Crippen LogP contribution in [0, 0.1) is 13.8 Å². The lowest BCUT2D eigenvalue weighted by molar-refractivity contribution is -0.111. The monoisotopic (exact) mass is 561 g/mol. The zero-order valence-corrected chi connectivity index (χ0v) is 23.6. The predicted molar refractivity (Wildman–Crippen MR) is 157 cm³/mol. The number of methoxy groups -OCH3 is 2. The van der Waals surface area contributed by atoms with Gasteiger partial charge in [0.05, 0.1) is 14.2 Å². The number of rotatable bonds is 9. The topological polar surface area (TPSA) is 73.9 Å². The summed E-state index contributed by atoms with van der Waals surface area (Å²) < 4.78 is 16.5. The summed E-state index contributed by atoms with van der Waals surface area (Å²) in [5, 5.41) is 3.78. The van der Waals surface area contributed by atoms with Crippen molar-refractivity contribution in [2.24, 2.45) is 0 Å². The highest BCUT2D eigenvalue weighted by atomic mass is 35.5. The van der Waals surface area contributed by atoms with E-state index in [-0.39, 0.29) is 0 Å². The maximum atomic E-state index is 12.9. The van der Waals surface area contributed by atoms with Crippen LogP contribution < -0.4 is 14.8 Å². The van der Waals surface area contributed by atoms with Gasteiger partial charge in [-0.3, -0.25) is 4.79 Å². The zero-order valence-electron chi connectivity index (χ0n) is 22.0. The number of ether oxygens (including phenoxy) is 3. The average Bonchev–Trinajstić information content (AvgIpc) is 3.26. The molecule has 200 valence electrons. The largest absolute Gasteiger partial charge is 0.493 e. The van der Waals surface area contributed by atoms with Crippen LogP contribution >= 0.6 is 22.9 Å². The molecule has 0 unspecified atom stereocenters. The first-order valence-corrected chi connectivity index (χ1v) is 13.3. The third-order valence-electron chi connectivity index (χ3n) is 6.08. The van der Waals surface area contributed by atoms with E-state index in [9.17, 15) is 9.59 Å². The van der Waals surface area contributed by atoms with E-state index in [1.54, 1.807) is 31.4 Å². The molecule has 3 aromatic carbocycles. The molecule has 1 heterocycles. The molecule has 4 rings (SSSR count). The van der Waals surface area contributed by atoms with Crippen molar-refractivity contribution in [1.82, 2.24) is 0 Å². The van der Waals surface area contributed by atoms with Crippen molar-refractivity contribution in [3.05, 3.63) is 105 Å². The number of carbonyl (C=O) groups excluding carboxylic acids is 2. The minimum absolute atomic E-state index is 0.292. The summed E-state index contributed by atoms with van der Waals surface area (Å²) in [6.45, 7) is 4.34. The van der Waals surface area contributed by atoms with Gasteiger partial charge in [-0.25, -0.2) is 4.79 Å². The molecule has 1 N–H and O–H groups in total. The molecule has 0 spiro atoms. The normalized spacial score (nSPS) is 10.9. The minimum Gasteiger partial charge on any atom is -0.493 e. The standard InChI is InChI=1S/C31H28ClNO5S/c1-19-8-5-6-9-23(19)18-38-25-14-12-21(16-26(25)36-3)13-15-27(34)33-30-29(31(35)37-4)28(20(2)39-30)22-10-7-11-24(32)17-22/h5-17H,18H2,1-4H3,(H,33,34)/b15-13+. The Balaban J connectivity index is 1.51. The number of hydrogen-bond acceptors (Lipinski definition) is 6. The molecule has 0 fully saturated rings. The van der Waals surface area contributed by atoms with Crippen molar-refractivity contribution < 1.29 is 23.8 Å². The van der Waals surface area contributed by atoms with Crippen molar-refractivity contribution in [2.75, 3.05) is 19.5 Å². The van der Waals surface area contributed by atoms with Crippen LogP contribution in [0.1, 0.15) is 31.9 Å². The summed E-state index contributed by atoms with van der Waals surface area (Å²) in [5.41, 5.74) is 4.73. The summed E-state index contributed by atoms with van der Waals surface area (Å²) in [5.74, 6) is 0.226. The molecule has 39 heavy (non-hydrogen) atoms. The fraction of sp³-hybridized carbons (Fsp3) is 0.161. The van der Waals surface area contributed by atoms with Crippen molar-refractivity contribution in [2.45, 2.75) is 20.5 Å². The number of carbonyl (C=O) groups is 2. The fourth-order valence-electron chi connectivity index (χ4n) is 4.08. The Kier molecular flexibility index (Phi) is 9.07. The fourth-order valence-corrected chi connectivity index (χ4v) is 5.34. The summed E-state index contributed by atoms with van der Waals surface area (Å²) in [7, 11) is 2.88. The Hall–Kier alpha value is -4.07. The highest BCUT2D eigenvalue weighted by Gasteiger charge is 2.25. The van der Waals surface area contributed by atoms with Crippen molar-refractivity contribution in [1.29, 1.82) is 0 Å². The minimum atomic E-state index is -0.542. The van der Waals surface area contributed by atoms with Gasteiger partial charge in [-0.15, -0.1) is 11.3 Å². The van der Waals surface area contributed by atoms with Crippen LogP contribution in [-0.4, -0.2) is 26.1 Å². The summed E-state index contributed by atoms with van der Waals surface area (Å²) in [4.78, 5) is 26.4. The van der Waals surface area contributed by atoms with Crippen LogP contribution in [0.5, 0.6) is 11.5 Å². The molecule has 0 atom stereocenters. The molecule has 1 aromatic heterocycles. The molecule has 6 nitrogen and oxygen atoms in total. The van der Waals surface area contributed by atoms with E-state index in [1.807, 2.05) is 62.4 Å². The van der Waals surface area contributed by atoms with E-state index in [4.69, 9.17) is 25.8 Å². The van der Waals surface area contributed by atoms with Gasteiger partial charge in [0.15, 0.2) is 11.5 Å². The maximum Gasteiger partial charge on any atom is 0.341 e. The highest BCUT2D eigenvalue weighted by molar-refractivity contribution is 7.17. The van der Waals surface area contributed by atoms with Gasteiger partial charge in [0, 0.05) is 21.5 Å². The van der Waals surface area contributed by atoms with Gasteiger partial charge in [0.25, 0.3) is 0 Å². The number of aryl methyl sites for hydroxylation is 2. The maximum absolute atomic E-state index is 12.9. The number of nitrogens with one attached hydrogen (secondary N) is 1. The Labute approximate surface area is 236 Å². The molecule has 0 bridgehead atoms. The van der Waals surface area contributed by atoms with Gasteiger partial charge in [0.1, 0.15) is 17.2 Å². The average molecular weight is 562 g/mol. The van der Waals surface area contributed by atoms with E-state index in [1.165, 1.54) is 24.5 Å². The second kappa shape index (κ2) is 12.7. The number of anilines is 1. The van der Waals surface area contributed by atoms with Gasteiger partial charge in [-0.1, -0.05) is 54.1 Å². The number of hydrogen-bond donors (Lipinski definition) is 1. The third-order valence-corrected chi connectivity index (χ3v) is 7.34. The van der Waals surface area contributed by atoms with Crippen LogP contribution in [0.3, 0.4) is 0 Å². The number of benzene rings is 3. The van der Waals surface area contributed by atoms with Crippen molar-refractivity contribution in [3.8, 4) is 22.6 Å². The van der Waals surface area contributed by atoms with Crippen LogP contribution in [-0.2, 0) is 16.1 Å². The smallest absolute Gasteiger partial charge is 0.341 e. The van der Waals surface area contributed by atoms with Crippen molar-refractivity contribution >= 4 is 45.9 Å². The quantitative estimate of drug-likeness (QED) is 0.167. The number of esters is 1. The molecule has 0 aliphatic heterocycles. The molecule has 4 aromatic rings. The Morgan fingerprint density at radius 3 is 2.49 bits per heavy atom. The second-order valence-corrected chi connectivity index (χ2v) is 10.3. The van der Waals surface area contributed by atoms with Gasteiger partial charge in [-0.05, 0) is 66.4 Å². The lowest BCUT2D eigenvalue weighted by Gasteiger charge is -2.12. The van der Waals surface area contributed by atoms with E-state index in [0.717, 1.165) is 27.1 Å². The Bertz CT molecular complexity index is 1540. The van der Waals surface area contributed by atoms with Crippen LogP contribution in [0.15, 0.2) is 72.8 Å². The van der Waals surface area contributed by atoms with Gasteiger partial charge in [0.2, 0.25) is 5.91 Å². The van der Waals surface area contributed by atoms with E-state index >= 15 is 0 Å². The second-order valence-electron chi connectivity index (χ2n) is 8.69. The van der Waals surface area contributed by atoms with Gasteiger partial charge in [-0.2, -0.15) is 0 Å². The summed E-state index contributed by atoms with van der Waals surface area (Å²) >= 11 is 7.48. The molecular formula is C31H28ClNO5S. The molecule has 0 aliphatic rings. The Morgan fingerprint density at radius 1 is 0.974 bits per heavy atom. The Morgan fingerprint density at radius 2 is 1.77 bits per heavy atom. The highest BCUT2D eigenvalue weighted by Crippen LogP contribution is 2.41. The van der Waals surface area contributed by atoms with Crippen LogP contribution in [0.25, 0.3) is 17.2 Å². The lowest BCUT2D eigenvalue weighted by Crippen LogP contribution is -2.11.